The van der Waals surface area contributed by atoms with E-state index < -0.39 is 0 Å². The van der Waals surface area contributed by atoms with Crippen molar-refractivity contribution in [2.24, 2.45) is 4.99 Å². The summed E-state index contributed by atoms with van der Waals surface area (Å²) < 4.78 is 5.82. The van der Waals surface area contributed by atoms with Gasteiger partial charge < -0.3 is 4.42 Å². The van der Waals surface area contributed by atoms with E-state index in [0.717, 1.165) is 41.2 Å². The zero-order valence-electron chi connectivity index (χ0n) is 15.2. The monoisotopic (exact) mass is 394 g/mol. The zero-order valence-corrected chi connectivity index (χ0v) is 16.8. The third-order valence-corrected chi connectivity index (χ3v) is 6.31. The molecular weight excluding hydrogens is 376 g/mol. The van der Waals surface area contributed by atoms with E-state index in [9.17, 15) is 5.26 Å². The van der Waals surface area contributed by atoms with E-state index in [0.29, 0.717) is 16.0 Å². The maximum atomic E-state index is 9.52. The summed E-state index contributed by atoms with van der Waals surface area (Å²) in [6, 6.07) is 8.03. The summed E-state index contributed by atoms with van der Waals surface area (Å²) in [4.78, 5) is 14.7. The average molecular weight is 395 g/mol. The summed E-state index contributed by atoms with van der Waals surface area (Å²) in [6.45, 7) is 3.90. The lowest BCUT2D eigenvalue weighted by molar-refractivity contribution is 0.468. The SMILES string of the molecule is Cc1cc(C)nc(Sc2ccc(C=Nc3sc4c(c3C#N)CCCC4)o2)n1. The van der Waals surface area contributed by atoms with Crippen LogP contribution in [-0.2, 0) is 12.8 Å². The number of aryl methyl sites for hydroxylation is 3. The third kappa shape index (κ3) is 3.97. The van der Waals surface area contributed by atoms with Crippen molar-refractivity contribution in [3.05, 3.63) is 51.4 Å². The molecule has 3 aromatic heterocycles. The van der Waals surface area contributed by atoms with Crippen LogP contribution in [0.4, 0.5) is 5.00 Å². The van der Waals surface area contributed by atoms with Crippen LogP contribution < -0.4 is 0 Å². The molecule has 0 aromatic carbocycles. The first-order valence-electron chi connectivity index (χ1n) is 8.81. The molecule has 0 spiro atoms. The van der Waals surface area contributed by atoms with Crippen LogP contribution in [-0.4, -0.2) is 16.2 Å². The van der Waals surface area contributed by atoms with Gasteiger partial charge >= 0.3 is 0 Å². The average Bonchev–Trinajstić information content (AvgIpc) is 3.22. The van der Waals surface area contributed by atoms with Crippen LogP contribution in [0.5, 0.6) is 0 Å². The molecule has 1 aliphatic carbocycles. The number of thiophene rings is 1. The Morgan fingerprint density at radius 2 is 2.00 bits per heavy atom. The predicted octanol–water partition coefficient (Wildman–Crippen LogP) is 5.40. The number of nitrogens with zero attached hydrogens (tertiary/aromatic N) is 4. The van der Waals surface area contributed by atoms with E-state index in [-0.39, 0.29) is 0 Å². The number of rotatable bonds is 4. The van der Waals surface area contributed by atoms with E-state index in [4.69, 9.17) is 4.42 Å². The van der Waals surface area contributed by atoms with Gasteiger partial charge in [-0.2, -0.15) is 5.26 Å². The Labute approximate surface area is 166 Å². The Balaban J connectivity index is 1.53. The molecule has 0 N–H and O–H groups in total. The number of aliphatic imine (C=N–C) groups is 1. The molecule has 0 amide bonds. The number of hydrogen-bond acceptors (Lipinski definition) is 7. The molecule has 5 nitrogen and oxygen atoms in total. The topological polar surface area (TPSA) is 75.1 Å². The summed E-state index contributed by atoms with van der Waals surface area (Å²) in [5.41, 5.74) is 3.80. The van der Waals surface area contributed by atoms with Crippen LogP contribution in [0.2, 0.25) is 0 Å². The first-order chi connectivity index (χ1) is 13.1. The smallest absolute Gasteiger partial charge is 0.195 e. The van der Waals surface area contributed by atoms with Crippen molar-refractivity contribution in [2.75, 3.05) is 0 Å². The highest BCUT2D eigenvalue weighted by Crippen LogP contribution is 2.39. The highest BCUT2D eigenvalue weighted by molar-refractivity contribution is 7.99. The minimum Gasteiger partial charge on any atom is -0.448 e. The maximum absolute atomic E-state index is 9.52. The molecular formula is C20H18N4OS2. The Morgan fingerprint density at radius 3 is 2.78 bits per heavy atom. The summed E-state index contributed by atoms with van der Waals surface area (Å²) in [5, 5.41) is 11.7. The summed E-state index contributed by atoms with van der Waals surface area (Å²) in [5.74, 6) is 0.650. The van der Waals surface area contributed by atoms with Crippen LogP contribution in [0.25, 0.3) is 0 Å². The van der Waals surface area contributed by atoms with Gasteiger partial charge in [-0.25, -0.2) is 15.0 Å². The lowest BCUT2D eigenvalue weighted by atomic mass is 9.96. The van der Waals surface area contributed by atoms with Gasteiger partial charge in [0.2, 0.25) is 0 Å². The van der Waals surface area contributed by atoms with E-state index in [2.05, 4.69) is 21.0 Å². The van der Waals surface area contributed by atoms with Crippen LogP contribution in [0, 0.1) is 25.2 Å². The molecule has 0 fully saturated rings. The maximum Gasteiger partial charge on any atom is 0.195 e. The van der Waals surface area contributed by atoms with Crippen molar-refractivity contribution < 1.29 is 4.42 Å². The number of fused-ring (bicyclic) bond motifs is 1. The molecule has 3 aromatic rings. The molecule has 0 aliphatic heterocycles. The fourth-order valence-corrected chi connectivity index (χ4v) is 5.18. The standard InChI is InChI=1S/C20H18N4OS2/c1-12-9-13(2)24-20(23-12)27-18-8-7-14(25-18)11-22-19-16(10-21)15-5-3-4-6-17(15)26-19/h7-9,11H,3-6H2,1-2H3. The molecule has 4 rings (SSSR count). The number of nitriles is 1. The van der Waals surface area contributed by atoms with Crippen LogP contribution in [0.15, 0.2) is 37.9 Å². The first-order valence-corrected chi connectivity index (χ1v) is 10.4. The van der Waals surface area contributed by atoms with Gasteiger partial charge in [0.15, 0.2) is 10.2 Å². The Morgan fingerprint density at radius 1 is 1.22 bits per heavy atom. The molecule has 0 radical (unpaired) electrons. The molecule has 7 heteroatoms. The van der Waals surface area contributed by atoms with Gasteiger partial charge in [-0.3, -0.25) is 0 Å². The van der Waals surface area contributed by atoms with Gasteiger partial charge in [0.1, 0.15) is 16.8 Å². The second kappa shape index (κ2) is 7.67. The normalized spacial score (nSPS) is 13.7. The Hall–Kier alpha value is -2.43. The summed E-state index contributed by atoms with van der Waals surface area (Å²) in [6.07, 6.45) is 6.08. The van der Waals surface area contributed by atoms with Gasteiger partial charge in [0, 0.05) is 16.3 Å². The van der Waals surface area contributed by atoms with Gasteiger partial charge in [-0.15, -0.1) is 11.3 Å². The van der Waals surface area contributed by atoms with Crippen molar-refractivity contribution in [3.63, 3.8) is 0 Å². The number of aromatic nitrogens is 2. The molecule has 3 heterocycles. The van der Waals surface area contributed by atoms with Crippen molar-refractivity contribution in [1.29, 1.82) is 5.26 Å². The third-order valence-electron chi connectivity index (χ3n) is 4.33. The fourth-order valence-electron chi connectivity index (χ4n) is 3.17. The first kappa shape index (κ1) is 18.0. The van der Waals surface area contributed by atoms with Crippen molar-refractivity contribution in [2.45, 2.75) is 49.8 Å². The van der Waals surface area contributed by atoms with Gasteiger partial charge in [-0.1, -0.05) is 0 Å². The second-order valence-corrected chi connectivity index (χ2v) is 8.51. The molecule has 136 valence electrons. The van der Waals surface area contributed by atoms with Gasteiger partial charge in [0.25, 0.3) is 0 Å². The minimum atomic E-state index is 0.650. The van der Waals surface area contributed by atoms with Gasteiger partial charge in [-0.05, 0) is 75.1 Å². The van der Waals surface area contributed by atoms with E-state index >= 15 is 0 Å². The van der Waals surface area contributed by atoms with E-state index in [1.54, 1.807) is 17.6 Å². The minimum absolute atomic E-state index is 0.650. The summed E-state index contributed by atoms with van der Waals surface area (Å²) >= 11 is 3.02. The molecule has 0 atom stereocenters. The quantitative estimate of drug-likeness (QED) is 0.437. The van der Waals surface area contributed by atoms with E-state index in [1.165, 1.54) is 28.6 Å². The molecule has 0 saturated carbocycles. The lowest BCUT2D eigenvalue weighted by Gasteiger charge is -2.09. The highest BCUT2D eigenvalue weighted by atomic mass is 32.2. The van der Waals surface area contributed by atoms with E-state index in [1.807, 2.05) is 32.0 Å². The van der Waals surface area contributed by atoms with Crippen LogP contribution in [0.1, 0.15) is 46.0 Å². The highest BCUT2D eigenvalue weighted by Gasteiger charge is 2.20. The van der Waals surface area contributed by atoms with Crippen molar-refractivity contribution >= 4 is 34.3 Å². The van der Waals surface area contributed by atoms with Crippen LogP contribution >= 0.6 is 23.1 Å². The van der Waals surface area contributed by atoms with Crippen molar-refractivity contribution in [3.8, 4) is 6.07 Å². The van der Waals surface area contributed by atoms with Gasteiger partial charge in [0.05, 0.1) is 11.8 Å². The Bertz CT molecular complexity index is 1040. The largest absolute Gasteiger partial charge is 0.448 e. The Kier molecular flexibility index (Phi) is 5.10. The van der Waals surface area contributed by atoms with Crippen LogP contribution in [0.3, 0.4) is 0 Å². The number of hydrogen-bond donors (Lipinski definition) is 0. The molecule has 0 bridgehead atoms. The van der Waals surface area contributed by atoms with Crippen molar-refractivity contribution in [1.82, 2.24) is 9.97 Å². The molecule has 0 unspecified atom stereocenters. The lowest BCUT2D eigenvalue weighted by Crippen LogP contribution is -1.99. The predicted molar refractivity (Wildman–Crippen MR) is 107 cm³/mol. The molecule has 1 aliphatic rings. The second-order valence-electron chi connectivity index (χ2n) is 6.45. The molecule has 27 heavy (non-hydrogen) atoms. The molecule has 0 saturated heterocycles. The zero-order chi connectivity index (χ0) is 18.8. The fraction of sp³-hybridized carbons (Fsp3) is 0.300. The number of furan rings is 1. The summed E-state index contributed by atoms with van der Waals surface area (Å²) in [7, 11) is 0.